The minimum atomic E-state index is -0.545. The molecule has 2 aromatic carbocycles. The van der Waals surface area contributed by atoms with E-state index in [4.69, 9.17) is 11.6 Å². The van der Waals surface area contributed by atoms with Crippen molar-refractivity contribution in [3.63, 3.8) is 0 Å². The molecule has 0 aliphatic heterocycles. The number of hydrogen-bond donors (Lipinski definition) is 0. The van der Waals surface area contributed by atoms with Crippen molar-refractivity contribution in [2.45, 2.75) is 13.5 Å². The van der Waals surface area contributed by atoms with E-state index in [1.807, 2.05) is 42.5 Å². The average Bonchev–Trinajstić information content (AvgIpc) is 2.54. The minimum absolute atomic E-state index is 0.146. The smallest absolute Gasteiger partial charge is 0.348 e. The Morgan fingerprint density at radius 1 is 1.17 bits per heavy atom. The van der Waals surface area contributed by atoms with Crippen LogP contribution in [0.4, 0.5) is 11.5 Å². The van der Waals surface area contributed by atoms with Crippen LogP contribution in [-0.4, -0.2) is 21.9 Å². The maximum Gasteiger partial charge on any atom is 0.348 e. The number of nitro groups is 1. The second kappa shape index (κ2) is 6.41. The zero-order valence-electron chi connectivity index (χ0n) is 13.2. The highest BCUT2D eigenvalue weighted by Gasteiger charge is 2.25. The summed E-state index contributed by atoms with van der Waals surface area (Å²) in [5.41, 5.74) is 0.780. The van der Waals surface area contributed by atoms with Crippen LogP contribution < -0.4 is 4.90 Å². The third-order valence-corrected chi connectivity index (χ3v) is 4.03. The highest BCUT2D eigenvalue weighted by Crippen LogP contribution is 2.32. The van der Waals surface area contributed by atoms with Gasteiger partial charge in [0, 0.05) is 13.6 Å². The molecule has 0 aliphatic rings. The second-order valence-electron chi connectivity index (χ2n) is 5.49. The van der Waals surface area contributed by atoms with Crippen molar-refractivity contribution < 1.29 is 4.92 Å². The molecule has 0 radical (unpaired) electrons. The molecule has 24 heavy (non-hydrogen) atoms. The maximum atomic E-state index is 11.3. The van der Waals surface area contributed by atoms with Gasteiger partial charge in [-0.25, -0.2) is 9.97 Å². The lowest BCUT2D eigenvalue weighted by atomic mass is 10.0. The molecule has 0 bridgehead atoms. The van der Waals surface area contributed by atoms with Gasteiger partial charge in [0.1, 0.15) is 5.82 Å². The van der Waals surface area contributed by atoms with Crippen LogP contribution in [-0.2, 0) is 6.54 Å². The quantitative estimate of drug-likeness (QED) is 0.405. The average molecular weight is 343 g/mol. The van der Waals surface area contributed by atoms with Gasteiger partial charge in [0.25, 0.3) is 0 Å². The lowest BCUT2D eigenvalue weighted by molar-refractivity contribution is -0.384. The van der Waals surface area contributed by atoms with E-state index in [1.165, 1.54) is 0 Å². The van der Waals surface area contributed by atoms with Crippen LogP contribution in [0.25, 0.3) is 10.8 Å². The Labute approximate surface area is 143 Å². The Morgan fingerprint density at radius 2 is 1.88 bits per heavy atom. The lowest BCUT2D eigenvalue weighted by Gasteiger charge is -2.19. The molecule has 0 spiro atoms. The van der Waals surface area contributed by atoms with Crippen LogP contribution in [0.5, 0.6) is 0 Å². The van der Waals surface area contributed by atoms with E-state index in [1.54, 1.807) is 18.9 Å². The Balaban J connectivity index is 2.04. The first-order valence-corrected chi connectivity index (χ1v) is 7.71. The number of fused-ring (bicyclic) bond motifs is 1. The van der Waals surface area contributed by atoms with Gasteiger partial charge in [-0.05, 0) is 23.3 Å². The maximum absolute atomic E-state index is 11.3. The molecule has 3 rings (SSSR count). The summed E-state index contributed by atoms with van der Waals surface area (Å²) < 4.78 is 0. The van der Waals surface area contributed by atoms with E-state index in [0.717, 1.165) is 16.3 Å². The molecule has 0 amide bonds. The number of anilines is 1. The predicted molar refractivity (Wildman–Crippen MR) is 94.5 cm³/mol. The van der Waals surface area contributed by atoms with Gasteiger partial charge in [-0.15, -0.1) is 0 Å². The normalized spacial score (nSPS) is 10.8. The molecular formula is C17H15ClN4O2. The van der Waals surface area contributed by atoms with Crippen LogP contribution in [0.1, 0.15) is 11.4 Å². The van der Waals surface area contributed by atoms with Crippen molar-refractivity contribution in [1.29, 1.82) is 0 Å². The summed E-state index contributed by atoms with van der Waals surface area (Å²) in [6, 6.07) is 14.0. The first-order chi connectivity index (χ1) is 11.5. The fraction of sp³-hybridized carbons (Fsp3) is 0.176. The highest BCUT2D eigenvalue weighted by molar-refractivity contribution is 6.31. The molecule has 0 unspecified atom stereocenters. The first-order valence-electron chi connectivity index (χ1n) is 7.33. The van der Waals surface area contributed by atoms with E-state index in [2.05, 4.69) is 9.97 Å². The van der Waals surface area contributed by atoms with Gasteiger partial charge in [0.15, 0.2) is 0 Å². The molecule has 7 heteroatoms. The molecule has 0 saturated carbocycles. The van der Waals surface area contributed by atoms with E-state index in [-0.39, 0.29) is 16.7 Å². The molecule has 0 fully saturated rings. The SMILES string of the molecule is Cc1nc(Cl)c([N+](=O)[O-])c(N(C)Cc2cccc3ccccc23)n1. The summed E-state index contributed by atoms with van der Waals surface area (Å²) in [4.78, 5) is 20.6. The van der Waals surface area contributed by atoms with Crippen molar-refractivity contribution in [3.8, 4) is 0 Å². The monoisotopic (exact) mass is 342 g/mol. The molecule has 0 atom stereocenters. The molecule has 0 aliphatic carbocycles. The van der Waals surface area contributed by atoms with E-state index >= 15 is 0 Å². The van der Waals surface area contributed by atoms with Gasteiger partial charge in [-0.2, -0.15) is 0 Å². The van der Waals surface area contributed by atoms with E-state index in [9.17, 15) is 10.1 Å². The van der Waals surface area contributed by atoms with E-state index < -0.39 is 4.92 Å². The van der Waals surface area contributed by atoms with Crippen LogP contribution in [0.2, 0.25) is 5.15 Å². The number of aromatic nitrogens is 2. The molecule has 6 nitrogen and oxygen atoms in total. The standard InChI is InChI=1S/C17H15ClN4O2/c1-11-19-16(18)15(22(23)24)17(20-11)21(2)10-13-8-5-7-12-6-3-4-9-14(12)13/h3-9H,10H2,1-2H3. The first kappa shape index (κ1) is 16.1. The largest absolute Gasteiger partial charge is 0.349 e. The summed E-state index contributed by atoms with van der Waals surface area (Å²) in [6.07, 6.45) is 0. The van der Waals surface area contributed by atoms with Crippen molar-refractivity contribution in [3.05, 3.63) is 69.1 Å². The summed E-state index contributed by atoms with van der Waals surface area (Å²) >= 11 is 5.95. The Hall–Kier alpha value is -2.73. The molecule has 0 N–H and O–H groups in total. The predicted octanol–water partition coefficient (Wildman–Crippen LogP) is 4.14. The molecule has 1 aromatic heterocycles. The van der Waals surface area contributed by atoms with Crippen LogP contribution >= 0.6 is 11.6 Å². The third kappa shape index (κ3) is 3.00. The summed E-state index contributed by atoms with van der Waals surface area (Å²) in [7, 11) is 1.76. The van der Waals surface area contributed by atoms with Crippen molar-refractivity contribution in [1.82, 2.24) is 9.97 Å². The second-order valence-corrected chi connectivity index (χ2v) is 5.84. The number of halogens is 1. The molecule has 1 heterocycles. The zero-order valence-corrected chi connectivity index (χ0v) is 14.0. The van der Waals surface area contributed by atoms with Crippen molar-refractivity contribution in [2.24, 2.45) is 0 Å². The summed E-state index contributed by atoms with van der Waals surface area (Å²) in [6.45, 7) is 2.12. The Bertz CT molecular complexity index is 924. The number of hydrogen-bond acceptors (Lipinski definition) is 5. The van der Waals surface area contributed by atoms with Gasteiger partial charge in [-0.3, -0.25) is 10.1 Å². The van der Waals surface area contributed by atoms with Gasteiger partial charge in [0.2, 0.25) is 11.0 Å². The molecule has 3 aromatic rings. The topological polar surface area (TPSA) is 72.2 Å². The van der Waals surface area contributed by atoms with Crippen LogP contribution in [0.15, 0.2) is 42.5 Å². The van der Waals surface area contributed by atoms with Gasteiger partial charge >= 0.3 is 5.69 Å². The van der Waals surface area contributed by atoms with Gasteiger partial charge in [-0.1, -0.05) is 54.1 Å². The summed E-state index contributed by atoms with van der Waals surface area (Å²) in [5, 5.41) is 13.4. The zero-order chi connectivity index (χ0) is 17.3. The minimum Gasteiger partial charge on any atom is -0.349 e. The third-order valence-electron chi connectivity index (χ3n) is 3.77. The summed E-state index contributed by atoms with van der Waals surface area (Å²) in [5.74, 6) is 0.607. The Morgan fingerprint density at radius 3 is 2.62 bits per heavy atom. The fourth-order valence-electron chi connectivity index (χ4n) is 2.70. The molecule has 0 saturated heterocycles. The van der Waals surface area contributed by atoms with Gasteiger partial charge < -0.3 is 4.90 Å². The van der Waals surface area contributed by atoms with E-state index in [0.29, 0.717) is 12.4 Å². The number of rotatable bonds is 4. The number of nitrogens with zero attached hydrogens (tertiary/aromatic N) is 4. The molecular weight excluding hydrogens is 328 g/mol. The number of benzene rings is 2. The van der Waals surface area contributed by atoms with Crippen LogP contribution in [0, 0.1) is 17.0 Å². The lowest BCUT2D eigenvalue weighted by Crippen LogP contribution is -2.20. The van der Waals surface area contributed by atoms with Crippen molar-refractivity contribution >= 4 is 33.9 Å². The Kier molecular flexibility index (Phi) is 4.31. The number of aryl methyl sites for hydroxylation is 1. The van der Waals surface area contributed by atoms with Gasteiger partial charge in [0.05, 0.1) is 4.92 Å². The highest BCUT2D eigenvalue weighted by atomic mass is 35.5. The fourth-order valence-corrected chi connectivity index (χ4v) is 2.98. The van der Waals surface area contributed by atoms with Crippen LogP contribution in [0.3, 0.4) is 0 Å². The molecule has 122 valence electrons. The van der Waals surface area contributed by atoms with Crippen molar-refractivity contribution in [2.75, 3.05) is 11.9 Å².